The van der Waals surface area contributed by atoms with Gasteiger partial charge in [-0.3, -0.25) is 10.4 Å². The van der Waals surface area contributed by atoms with Crippen molar-refractivity contribution in [1.29, 1.82) is 0 Å². The van der Waals surface area contributed by atoms with Crippen molar-refractivity contribution >= 4 is 34.9 Å². The standard InChI is InChI=1S/C19H21ClN4OS/c1-15-6-4-12-21-16(2)7-5-13-22-19(23-24(20)14-15)26-18-10-8-17(25-3)9-11-18/h4-14H,1-3H3,(H,22,23)/b6-4-,13-5+,15-14-,16-7+,21-12+. The zero-order valence-electron chi connectivity index (χ0n) is 14.9. The van der Waals surface area contributed by atoms with Crippen molar-refractivity contribution in [3.05, 3.63) is 72.2 Å². The fraction of sp³-hybridized carbons (Fsp3) is 0.158. The van der Waals surface area contributed by atoms with Crippen LogP contribution in [0.15, 0.2) is 87.1 Å². The van der Waals surface area contributed by atoms with E-state index in [1.165, 1.54) is 16.3 Å². The number of halogens is 1. The molecule has 1 N–H and O–H groups in total. The number of hydrazine groups is 1. The summed E-state index contributed by atoms with van der Waals surface area (Å²) in [5.74, 6) is 0.806. The van der Waals surface area contributed by atoms with Crippen molar-refractivity contribution in [3.8, 4) is 5.75 Å². The molecule has 0 unspecified atom stereocenters. The topological polar surface area (TPSA) is 49.2 Å². The van der Waals surface area contributed by atoms with Crippen molar-refractivity contribution in [2.75, 3.05) is 7.11 Å². The molecule has 0 bridgehead atoms. The number of allylic oxidation sites excluding steroid dienone is 6. The van der Waals surface area contributed by atoms with E-state index in [0.717, 1.165) is 21.9 Å². The van der Waals surface area contributed by atoms with Gasteiger partial charge in [0.2, 0.25) is 0 Å². The predicted octanol–water partition coefficient (Wildman–Crippen LogP) is 5.07. The largest absolute Gasteiger partial charge is 0.497 e. The average Bonchev–Trinajstić information content (AvgIpc) is 2.62. The average molecular weight is 389 g/mol. The van der Waals surface area contributed by atoms with E-state index in [2.05, 4.69) is 15.4 Å². The summed E-state index contributed by atoms with van der Waals surface area (Å²) in [7, 11) is 1.64. The molecule has 1 heterocycles. The molecule has 1 aromatic carbocycles. The first-order valence-electron chi connectivity index (χ1n) is 7.91. The fourth-order valence-corrected chi connectivity index (χ4v) is 2.91. The molecule has 2 rings (SSSR count). The van der Waals surface area contributed by atoms with Gasteiger partial charge in [-0.25, -0.2) is 9.52 Å². The van der Waals surface area contributed by atoms with Gasteiger partial charge in [0.1, 0.15) is 5.75 Å². The van der Waals surface area contributed by atoms with Crippen LogP contribution in [0.25, 0.3) is 0 Å². The van der Waals surface area contributed by atoms with Crippen molar-refractivity contribution in [3.63, 3.8) is 0 Å². The number of thioether (sulfide) groups is 1. The number of aliphatic imine (C=N–C) groups is 2. The van der Waals surface area contributed by atoms with Gasteiger partial charge in [0.25, 0.3) is 0 Å². The fourth-order valence-electron chi connectivity index (χ4n) is 1.87. The van der Waals surface area contributed by atoms with Crippen LogP contribution in [-0.4, -0.2) is 23.0 Å². The van der Waals surface area contributed by atoms with Crippen molar-refractivity contribution in [1.82, 2.24) is 9.95 Å². The minimum atomic E-state index is 0.626. The lowest BCUT2D eigenvalue weighted by atomic mass is 10.3. The summed E-state index contributed by atoms with van der Waals surface area (Å²) < 4.78 is 6.54. The number of amidine groups is 1. The highest BCUT2D eigenvalue weighted by Crippen LogP contribution is 2.22. The van der Waals surface area contributed by atoms with Crippen molar-refractivity contribution in [2.24, 2.45) is 9.98 Å². The van der Waals surface area contributed by atoms with E-state index >= 15 is 0 Å². The Bertz CT molecular complexity index is 779. The molecule has 0 saturated heterocycles. The van der Waals surface area contributed by atoms with E-state index in [1.54, 1.807) is 25.7 Å². The molecular formula is C19H21ClN4OS. The van der Waals surface area contributed by atoms with Crippen LogP contribution in [0.1, 0.15) is 13.8 Å². The Labute approximate surface area is 163 Å². The zero-order valence-corrected chi connectivity index (χ0v) is 16.5. The van der Waals surface area contributed by atoms with E-state index in [1.807, 2.05) is 62.4 Å². The summed E-state index contributed by atoms with van der Waals surface area (Å²) in [4.78, 5) is 9.76. The Kier molecular flexibility index (Phi) is 8.05. The van der Waals surface area contributed by atoms with Gasteiger partial charge < -0.3 is 4.74 Å². The van der Waals surface area contributed by atoms with Crippen LogP contribution in [0.2, 0.25) is 0 Å². The Hall–Kier alpha value is -2.44. The van der Waals surface area contributed by atoms with Gasteiger partial charge in [0, 0.05) is 41.0 Å². The lowest BCUT2D eigenvalue weighted by molar-refractivity contribution is 0.414. The van der Waals surface area contributed by atoms with E-state index in [4.69, 9.17) is 16.5 Å². The van der Waals surface area contributed by atoms with Crippen molar-refractivity contribution in [2.45, 2.75) is 18.7 Å². The van der Waals surface area contributed by atoms with Crippen LogP contribution >= 0.6 is 23.5 Å². The van der Waals surface area contributed by atoms with E-state index < -0.39 is 0 Å². The first kappa shape index (κ1) is 19.9. The van der Waals surface area contributed by atoms with Crippen LogP contribution in [0, 0.1) is 0 Å². The summed E-state index contributed by atoms with van der Waals surface area (Å²) in [5, 5.41) is 0.626. The third-order valence-corrected chi connectivity index (χ3v) is 4.21. The van der Waals surface area contributed by atoms with Crippen LogP contribution in [0.5, 0.6) is 5.75 Å². The molecule has 5 nitrogen and oxygen atoms in total. The molecule has 0 atom stereocenters. The number of nitrogens with one attached hydrogen (secondary N) is 1. The second-order valence-electron chi connectivity index (χ2n) is 5.29. The monoisotopic (exact) mass is 388 g/mol. The van der Waals surface area contributed by atoms with Crippen LogP contribution in [0.3, 0.4) is 0 Å². The molecule has 0 radical (unpaired) electrons. The number of methoxy groups -OCH3 is 1. The molecule has 1 aliphatic rings. The molecule has 0 amide bonds. The second kappa shape index (κ2) is 10.5. The highest BCUT2D eigenvalue weighted by molar-refractivity contribution is 8.13. The zero-order chi connectivity index (χ0) is 18.8. The number of benzene rings is 1. The summed E-state index contributed by atoms with van der Waals surface area (Å²) >= 11 is 7.70. The number of nitrogens with zero attached hydrogens (tertiary/aromatic N) is 3. The van der Waals surface area contributed by atoms with Gasteiger partial charge in [0.15, 0.2) is 5.17 Å². The van der Waals surface area contributed by atoms with E-state index in [0.29, 0.717) is 5.17 Å². The maximum atomic E-state index is 6.24. The van der Waals surface area contributed by atoms with E-state index in [9.17, 15) is 0 Å². The smallest absolute Gasteiger partial charge is 0.186 e. The molecule has 26 heavy (non-hydrogen) atoms. The maximum absolute atomic E-state index is 6.24. The van der Waals surface area contributed by atoms with E-state index in [-0.39, 0.29) is 0 Å². The number of hydrogen-bond acceptors (Lipinski definition) is 6. The molecular weight excluding hydrogens is 368 g/mol. The highest BCUT2D eigenvalue weighted by Gasteiger charge is 2.05. The molecule has 0 aliphatic carbocycles. The quantitative estimate of drug-likeness (QED) is 0.719. The SMILES string of the molecule is COc1ccc(SC2=N/C=C/C=C(C)/N=C/C=C\C(C)=C/N(Cl)N2)cc1. The van der Waals surface area contributed by atoms with Gasteiger partial charge >= 0.3 is 0 Å². The highest BCUT2D eigenvalue weighted by atomic mass is 35.5. The molecule has 1 aromatic rings. The molecule has 0 fully saturated rings. The molecule has 1 aliphatic heterocycles. The first-order valence-corrected chi connectivity index (χ1v) is 9.06. The lowest BCUT2D eigenvalue weighted by Crippen LogP contribution is -2.30. The normalized spacial score (nSPS) is 23.2. The lowest BCUT2D eigenvalue weighted by Gasteiger charge is -2.15. The van der Waals surface area contributed by atoms with Crippen molar-refractivity contribution < 1.29 is 4.74 Å². The third kappa shape index (κ3) is 7.21. The first-order chi connectivity index (χ1) is 12.6. The Morgan fingerprint density at radius 3 is 2.65 bits per heavy atom. The van der Waals surface area contributed by atoms with Crippen LogP contribution in [0.4, 0.5) is 0 Å². The third-order valence-electron chi connectivity index (χ3n) is 3.13. The summed E-state index contributed by atoms with van der Waals surface area (Å²) in [6, 6.07) is 7.73. The summed E-state index contributed by atoms with van der Waals surface area (Å²) in [6.45, 7) is 3.88. The van der Waals surface area contributed by atoms with Gasteiger partial charge in [-0.05, 0) is 61.9 Å². The van der Waals surface area contributed by atoms with Gasteiger partial charge in [-0.15, -0.1) is 0 Å². The summed E-state index contributed by atoms with van der Waals surface area (Å²) in [5.41, 5.74) is 4.90. The number of rotatable bonds is 2. The maximum Gasteiger partial charge on any atom is 0.186 e. The number of ether oxygens (including phenoxy) is 1. The predicted molar refractivity (Wildman–Crippen MR) is 111 cm³/mol. The Morgan fingerprint density at radius 2 is 1.92 bits per heavy atom. The minimum Gasteiger partial charge on any atom is -0.497 e. The van der Waals surface area contributed by atoms with Gasteiger partial charge in [-0.1, -0.05) is 17.8 Å². The number of hydrogen-bond donors (Lipinski definition) is 1. The molecule has 136 valence electrons. The Balaban J connectivity index is 2.25. The molecule has 7 heteroatoms. The summed E-state index contributed by atoms with van der Waals surface area (Å²) in [6.07, 6.45) is 12.7. The van der Waals surface area contributed by atoms with Gasteiger partial charge in [-0.2, -0.15) is 0 Å². The molecule has 0 aromatic heterocycles. The Morgan fingerprint density at radius 1 is 1.15 bits per heavy atom. The van der Waals surface area contributed by atoms with Crippen LogP contribution in [-0.2, 0) is 0 Å². The minimum absolute atomic E-state index is 0.626. The molecule has 0 saturated carbocycles. The van der Waals surface area contributed by atoms with Crippen LogP contribution < -0.4 is 10.2 Å². The second-order valence-corrected chi connectivity index (χ2v) is 6.72. The molecule has 0 spiro atoms. The van der Waals surface area contributed by atoms with Gasteiger partial charge in [0.05, 0.1) is 7.11 Å².